The van der Waals surface area contributed by atoms with E-state index in [0.29, 0.717) is 17.2 Å². The molecule has 0 saturated carbocycles. The van der Waals surface area contributed by atoms with Crippen LogP contribution in [0.15, 0.2) is 18.2 Å². The van der Waals surface area contributed by atoms with Crippen LogP contribution in [0.5, 0.6) is 0 Å². The van der Waals surface area contributed by atoms with Crippen molar-refractivity contribution in [2.75, 3.05) is 31.5 Å². The minimum Gasteiger partial charge on any atom is -0.382 e. The zero-order chi connectivity index (χ0) is 13.0. The number of hydrogen-bond acceptors (Lipinski definition) is 3. The molecule has 0 aliphatic carbocycles. The summed E-state index contributed by atoms with van der Waals surface area (Å²) in [5.74, 6) is 0.236. The van der Waals surface area contributed by atoms with Gasteiger partial charge in [-0.25, -0.2) is 4.39 Å². The summed E-state index contributed by atoms with van der Waals surface area (Å²) in [4.78, 5) is 2.40. The Morgan fingerprint density at radius 2 is 2.39 bits per heavy atom. The summed E-state index contributed by atoms with van der Waals surface area (Å²) in [5, 5.41) is 11.8. The quantitative estimate of drug-likeness (QED) is 0.888. The van der Waals surface area contributed by atoms with Crippen LogP contribution in [0.3, 0.4) is 0 Å². The third-order valence-electron chi connectivity index (χ3n) is 3.50. The average Bonchev–Trinajstić information content (AvgIpc) is 2.85. The molecule has 3 nitrogen and oxygen atoms in total. The van der Waals surface area contributed by atoms with Crippen molar-refractivity contribution in [3.63, 3.8) is 0 Å². The predicted octanol–water partition coefficient (Wildman–Crippen LogP) is 2.45. The molecule has 96 valence electrons. The van der Waals surface area contributed by atoms with Crippen LogP contribution in [0.4, 0.5) is 10.1 Å². The van der Waals surface area contributed by atoms with Gasteiger partial charge in [0.2, 0.25) is 0 Å². The minimum absolute atomic E-state index is 0.348. The molecule has 1 atom stereocenters. The molecule has 4 heteroatoms. The number of nitrogens with zero attached hydrogens (tertiary/aromatic N) is 2. The minimum atomic E-state index is -0.348. The van der Waals surface area contributed by atoms with Gasteiger partial charge in [0.15, 0.2) is 0 Å². The molecule has 1 saturated heterocycles. The van der Waals surface area contributed by atoms with Gasteiger partial charge in [0.25, 0.3) is 0 Å². The third-order valence-corrected chi connectivity index (χ3v) is 3.50. The first-order valence-corrected chi connectivity index (χ1v) is 6.38. The van der Waals surface area contributed by atoms with E-state index in [2.05, 4.69) is 17.1 Å². The molecule has 0 spiro atoms. The molecular weight excluding hydrogens is 229 g/mol. The van der Waals surface area contributed by atoms with Crippen LogP contribution in [0.1, 0.15) is 18.9 Å². The second-order valence-corrected chi connectivity index (χ2v) is 4.74. The molecule has 0 aromatic heterocycles. The van der Waals surface area contributed by atoms with E-state index in [9.17, 15) is 4.39 Å². The van der Waals surface area contributed by atoms with Crippen LogP contribution in [-0.2, 0) is 0 Å². The summed E-state index contributed by atoms with van der Waals surface area (Å²) in [6.07, 6.45) is 1.17. The number of hydrogen-bond donors (Lipinski definition) is 1. The molecule has 1 aliphatic rings. The normalized spacial score (nSPS) is 19.7. The summed E-state index contributed by atoms with van der Waals surface area (Å²) in [6.45, 7) is 6.26. The average molecular weight is 247 g/mol. The topological polar surface area (TPSA) is 39.1 Å². The highest BCUT2D eigenvalue weighted by molar-refractivity contribution is 5.48. The molecule has 1 fully saturated rings. The number of halogens is 1. The Labute approximate surface area is 107 Å². The van der Waals surface area contributed by atoms with E-state index in [1.54, 1.807) is 12.1 Å². The zero-order valence-electron chi connectivity index (χ0n) is 10.6. The Hall–Kier alpha value is -1.60. The van der Waals surface area contributed by atoms with Gasteiger partial charge in [0, 0.05) is 13.1 Å². The molecule has 18 heavy (non-hydrogen) atoms. The lowest BCUT2D eigenvalue weighted by atomic mass is 10.1. The number of nitriles is 1. The van der Waals surface area contributed by atoms with Crippen molar-refractivity contribution in [3.8, 4) is 6.07 Å². The lowest BCUT2D eigenvalue weighted by Crippen LogP contribution is -2.22. The first-order valence-electron chi connectivity index (χ1n) is 6.38. The number of rotatable bonds is 4. The Morgan fingerprint density at radius 1 is 1.56 bits per heavy atom. The molecule has 0 amide bonds. The summed E-state index contributed by atoms with van der Waals surface area (Å²) in [7, 11) is 0. The van der Waals surface area contributed by atoms with Crippen LogP contribution in [0.25, 0.3) is 0 Å². The summed E-state index contributed by atoms with van der Waals surface area (Å²) >= 11 is 0. The highest BCUT2D eigenvalue weighted by Gasteiger charge is 2.20. The van der Waals surface area contributed by atoms with E-state index < -0.39 is 0 Å². The zero-order valence-corrected chi connectivity index (χ0v) is 10.6. The van der Waals surface area contributed by atoms with E-state index in [1.807, 2.05) is 6.07 Å². The number of anilines is 1. The maximum atomic E-state index is 13.6. The van der Waals surface area contributed by atoms with Gasteiger partial charge in [0.05, 0.1) is 17.3 Å². The van der Waals surface area contributed by atoms with Gasteiger partial charge in [0.1, 0.15) is 5.82 Å². The highest BCUT2D eigenvalue weighted by Crippen LogP contribution is 2.19. The van der Waals surface area contributed by atoms with E-state index in [0.717, 1.165) is 26.2 Å². The number of likely N-dealkylation sites (tertiary alicyclic amines) is 1. The lowest BCUT2D eigenvalue weighted by Gasteiger charge is -2.14. The van der Waals surface area contributed by atoms with Crippen LogP contribution in [0, 0.1) is 23.1 Å². The fourth-order valence-corrected chi connectivity index (χ4v) is 2.35. The second-order valence-electron chi connectivity index (χ2n) is 4.74. The maximum Gasteiger partial charge on any atom is 0.147 e. The van der Waals surface area contributed by atoms with Crippen molar-refractivity contribution in [1.82, 2.24) is 4.90 Å². The monoisotopic (exact) mass is 247 g/mol. The van der Waals surface area contributed by atoms with Gasteiger partial charge >= 0.3 is 0 Å². The van der Waals surface area contributed by atoms with Gasteiger partial charge in [-0.3, -0.25) is 0 Å². The SMILES string of the molecule is CCN1CCC(CNc2ccc(C#N)cc2F)C1. The van der Waals surface area contributed by atoms with Crippen molar-refractivity contribution >= 4 is 5.69 Å². The number of nitrogens with one attached hydrogen (secondary N) is 1. The van der Waals surface area contributed by atoms with E-state index in [4.69, 9.17) is 5.26 Å². The van der Waals surface area contributed by atoms with Gasteiger partial charge in [-0.2, -0.15) is 5.26 Å². The largest absolute Gasteiger partial charge is 0.382 e. The van der Waals surface area contributed by atoms with Crippen molar-refractivity contribution in [1.29, 1.82) is 5.26 Å². The second kappa shape index (κ2) is 5.83. The maximum absolute atomic E-state index is 13.6. The molecule has 1 unspecified atom stereocenters. The molecular formula is C14H18FN3. The standard InChI is InChI=1S/C14H18FN3/c1-2-18-6-5-12(10-18)9-17-14-4-3-11(8-16)7-13(14)15/h3-4,7,12,17H,2,5-6,9-10H2,1H3. The molecule has 1 aromatic rings. The van der Waals surface area contributed by atoms with Crippen molar-refractivity contribution in [3.05, 3.63) is 29.6 Å². The first kappa shape index (κ1) is 12.8. The molecule has 1 heterocycles. The van der Waals surface area contributed by atoms with E-state index >= 15 is 0 Å². The Balaban J connectivity index is 1.89. The Morgan fingerprint density at radius 3 is 3.00 bits per heavy atom. The van der Waals surface area contributed by atoms with Crippen molar-refractivity contribution in [2.24, 2.45) is 5.92 Å². The molecule has 1 aromatic carbocycles. The predicted molar refractivity (Wildman–Crippen MR) is 69.8 cm³/mol. The molecule has 0 radical (unpaired) electrons. The number of benzene rings is 1. The lowest BCUT2D eigenvalue weighted by molar-refractivity contribution is 0.345. The Bertz CT molecular complexity index is 453. The smallest absolute Gasteiger partial charge is 0.147 e. The van der Waals surface area contributed by atoms with Crippen LogP contribution in [0.2, 0.25) is 0 Å². The van der Waals surface area contributed by atoms with Gasteiger partial charge in [-0.1, -0.05) is 6.92 Å². The van der Waals surface area contributed by atoms with Crippen LogP contribution < -0.4 is 5.32 Å². The van der Waals surface area contributed by atoms with Gasteiger partial charge < -0.3 is 10.2 Å². The highest BCUT2D eigenvalue weighted by atomic mass is 19.1. The molecule has 1 N–H and O–H groups in total. The fourth-order valence-electron chi connectivity index (χ4n) is 2.35. The van der Waals surface area contributed by atoms with E-state index in [-0.39, 0.29) is 5.82 Å². The van der Waals surface area contributed by atoms with Gasteiger partial charge in [-0.15, -0.1) is 0 Å². The van der Waals surface area contributed by atoms with Crippen molar-refractivity contribution < 1.29 is 4.39 Å². The molecule has 2 rings (SSSR count). The summed E-state index contributed by atoms with van der Waals surface area (Å²) in [5.41, 5.74) is 0.847. The Kier molecular flexibility index (Phi) is 4.16. The van der Waals surface area contributed by atoms with Crippen molar-refractivity contribution in [2.45, 2.75) is 13.3 Å². The molecule has 1 aliphatic heterocycles. The first-order chi connectivity index (χ1) is 8.72. The van der Waals surface area contributed by atoms with Crippen LogP contribution >= 0.6 is 0 Å². The summed E-state index contributed by atoms with van der Waals surface area (Å²) < 4.78 is 13.6. The fraction of sp³-hybridized carbons (Fsp3) is 0.500. The van der Waals surface area contributed by atoms with Gasteiger partial charge in [-0.05, 0) is 43.6 Å². The third kappa shape index (κ3) is 2.99. The van der Waals surface area contributed by atoms with Crippen LogP contribution in [-0.4, -0.2) is 31.1 Å². The van der Waals surface area contributed by atoms with E-state index in [1.165, 1.54) is 12.5 Å². The summed E-state index contributed by atoms with van der Waals surface area (Å²) in [6, 6.07) is 6.48. The molecule has 0 bridgehead atoms.